The first-order chi connectivity index (χ1) is 13.1. The lowest BCUT2D eigenvalue weighted by Crippen LogP contribution is -2.29. The summed E-state index contributed by atoms with van der Waals surface area (Å²) < 4.78 is 47.4. The highest BCUT2D eigenvalue weighted by atomic mass is 19.4. The fourth-order valence-corrected chi connectivity index (χ4v) is 3.32. The monoisotopic (exact) mass is 393 g/mol. The van der Waals surface area contributed by atoms with E-state index in [1.165, 1.54) is 11.9 Å². The van der Waals surface area contributed by atoms with Crippen molar-refractivity contribution in [3.63, 3.8) is 0 Å². The number of aromatic nitrogens is 2. The zero-order chi connectivity index (χ0) is 20.6. The number of benzene rings is 1. The Labute approximate surface area is 160 Å². The van der Waals surface area contributed by atoms with Gasteiger partial charge in [0.2, 0.25) is 0 Å². The van der Waals surface area contributed by atoms with Gasteiger partial charge in [0.1, 0.15) is 11.3 Å². The van der Waals surface area contributed by atoms with Crippen LogP contribution in [0.15, 0.2) is 34.9 Å². The van der Waals surface area contributed by atoms with E-state index in [0.29, 0.717) is 12.0 Å². The molecule has 1 aromatic carbocycles. The minimum atomic E-state index is -4.68. The Balaban J connectivity index is 1.97. The quantitative estimate of drug-likeness (QED) is 0.609. The molecular weight excluding hydrogens is 371 g/mol. The number of alkyl halides is 3. The number of amides is 1. The smallest absolute Gasteiger partial charge is 0.433 e. The van der Waals surface area contributed by atoms with Crippen LogP contribution >= 0.6 is 0 Å². The van der Waals surface area contributed by atoms with Gasteiger partial charge in [-0.05, 0) is 19.9 Å². The third-order valence-corrected chi connectivity index (χ3v) is 4.63. The Kier molecular flexibility index (Phi) is 5.23. The summed E-state index contributed by atoms with van der Waals surface area (Å²) in [6, 6.07) is 6.89. The molecule has 0 fully saturated rings. The van der Waals surface area contributed by atoms with E-state index in [4.69, 9.17) is 4.42 Å². The number of nitrogens with zero attached hydrogens (tertiary/aromatic N) is 3. The number of hydrogen-bond acceptors (Lipinski definition) is 3. The van der Waals surface area contributed by atoms with E-state index in [-0.39, 0.29) is 6.54 Å². The van der Waals surface area contributed by atoms with Crippen LogP contribution in [0.4, 0.5) is 13.2 Å². The van der Waals surface area contributed by atoms with Crippen LogP contribution in [-0.4, -0.2) is 27.6 Å². The molecule has 0 saturated heterocycles. The molecule has 0 atom stereocenters. The highest BCUT2D eigenvalue weighted by molar-refractivity contribution is 5.95. The van der Waals surface area contributed by atoms with Crippen molar-refractivity contribution in [2.24, 2.45) is 0 Å². The number of halogens is 3. The van der Waals surface area contributed by atoms with Gasteiger partial charge in [-0.3, -0.25) is 9.48 Å². The van der Waals surface area contributed by atoms with Gasteiger partial charge in [0.25, 0.3) is 5.91 Å². The number of fused-ring (bicyclic) bond motifs is 1. The Morgan fingerprint density at radius 3 is 2.57 bits per heavy atom. The molecule has 0 aliphatic heterocycles. The Morgan fingerprint density at radius 1 is 1.29 bits per heavy atom. The number of para-hydroxylation sites is 1. The second-order valence-corrected chi connectivity index (χ2v) is 6.96. The van der Waals surface area contributed by atoms with Gasteiger partial charge in [-0.1, -0.05) is 25.1 Å². The molecule has 28 heavy (non-hydrogen) atoms. The minimum absolute atomic E-state index is 0.142. The molecule has 1 amide bonds. The predicted molar refractivity (Wildman–Crippen MR) is 99.0 cm³/mol. The van der Waals surface area contributed by atoms with Crippen LogP contribution < -0.4 is 0 Å². The zero-order valence-corrected chi connectivity index (χ0v) is 16.2. The number of carbonyl (C=O) groups excluding carboxylic acids is 1. The fourth-order valence-electron chi connectivity index (χ4n) is 3.32. The van der Waals surface area contributed by atoms with Crippen LogP contribution in [0.1, 0.15) is 54.2 Å². The van der Waals surface area contributed by atoms with E-state index in [1.807, 2.05) is 31.2 Å². The van der Waals surface area contributed by atoms with Gasteiger partial charge in [-0.25, -0.2) is 0 Å². The number of rotatable bonds is 5. The van der Waals surface area contributed by atoms with Gasteiger partial charge in [-0.2, -0.15) is 18.3 Å². The van der Waals surface area contributed by atoms with Crippen LogP contribution in [0, 0.1) is 0 Å². The molecule has 5 nitrogen and oxygen atoms in total. The Bertz CT molecular complexity index is 1000. The first-order valence-corrected chi connectivity index (χ1v) is 9.04. The summed E-state index contributed by atoms with van der Waals surface area (Å²) in [6.45, 7) is 5.25. The van der Waals surface area contributed by atoms with Crippen LogP contribution in [0.25, 0.3) is 11.0 Å². The van der Waals surface area contributed by atoms with Crippen LogP contribution in [0.3, 0.4) is 0 Å². The summed E-state index contributed by atoms with van der Waals surface area (Å²) in [5.74, 6) is -0.0127. The van der Waals surface area contributed by atoms with Gasteiger partial charge < -0.3 is 9.32 Å². The highest BCUT2D eigenvalue weighted by Gasteiger charge is 2.41. The lowest BCUT2D eigenvalue weighted by atomic mass is 10.1. The van der Waals surface area contributed by atoms with E-state index in [9.17, 15) is 18.0 Å². The van der Waals surface area contributed by atoms with Crippen molar-refractivity contribution in [1.82, 2.24) is 14.7 Å². The lowest BCUT2D eigenvalue weighted by Gasteiger charge is -2.19. The predicted octanol–water partition coefficient (Wildman–Crippen LogP) is 5.06. The van der Waals surface area contributed by atoms with Crippen molar-refractivity contribution >= 4 is 16.9 Å². The topological polar surface area (TPSA) is 51.3 Å². The summed E-state index contributed by atoms with van der Waals surface area (Å²) in [6.07, 6.45) is -3.06. The van der Waals surface area contributed by atoms with E-state index in [1.54, 1.807) is 13.8 Å². The highest BCUT2D eigenvalue weighted by Crippen LogP contribution is 2.34. The molecule has 3 aromatic rings. The number of hydrogen-bond donors (Lipinski definition) is 0. The molecule has 0 unspecified atom stereocenters. The average Bonchev–Trinajstić information content (AvgIpc) is 3.23. The molecule has 8 heteroatoms. The molecule has 2 heterocycles. The SMILES string of the molecule is CCc1oc2ccccc2c1CN(C)C(=O)c1cnn(C(C)C)c1C(F)(F)F. The van der Waals surface area contributed by atoms with Crippen LogP contribution in [0.2, 0.25) is 0 Å². The third kappa shape index (κ3) is 3.50. The van der Waals surface area contributed by atoms with Crippen molar-refractivity contribution in [2.45, 2.75) is 46.0 Å². The second-order valence-electron chi connectivity index (χ2n) is 6.96. The maximum atomic E-state index is 13.6. The normalized spacial score (nSPS) is 12.1. The summed E-state index contributed by atoms with van der Waals surface area (Å²) in [7, 11) is 1.48. The van der Waals surface area contributed by atoms with Gasteiger partial charge in [0.15, 0.2) is 5.69 Å². The largest absolute Gasteiger partial charge is 0.461 e. The molecular formula is C20H22F3N3O2. The van der Waals surface area contributed by atoms with Gasteiger partial charge in [0, 0.05) is 37.0 Å². The second kappa shape index (κ2) is 7.33. The molecule has 2 aromatic heterocycles. The van der Waals surface area contributed by atoms with Crippen molar-refractivity contribution < 1.29 is 22.4 Å². The Hall–Kier alpha value is -2.77. The zero-order valence-electron chi connectivity index (χ0n) is 16.2. The van der Waals surface area contributed by atoms with Gasteiger partial charge >= 0.3 is 6.18 Å². The van der Waals surface area contributed by atoms with Crippen molar-refractivity contribution in [3.8, 4) is 0 Å². The van der Waals surface area contributed by atoms with E-state index in [2.05, 4.69) is 5.10 Å². The molecule has 3 rings (SSSR count). The van der Waals surface area contributed by atoms with Crippen molar-refractivity contribution in [2.75, 3.05) is 7.05 Å². The lowest BCUT2D eigenvalue weighted by molar-refractivity contribution is -0.145. The molecule has 0 aliphatic rings. The standard InChI is InChI=1S/C20H22F3N3O2/c1-5-16-15(13-8-6-7-9-17(13)28-16)11-25(4)19(27)14-10-24-26(12(2)3)18(14)20(21,22)23/h6-10,12H,5,11H2,1-4H3. The summed E-state index contributed by atoms with van der Waals surface area (Å²) >= 11 is 0. The van der Waals surface area contributed by atoms with Gasteiger partial charge in [0.05, 0.1) is 11.8 Å². The minimum Gasteiger partial charge on any atom is -0.461 e. The Morgan fingerprint density at radius 2 is 1.96 bits per heavy atom. The molecule has 0 N–H and O–H groups in total. The van der Waals surface area contributed by atoms with Crippen LogP contribution in [0.5, 0.6) is 0 Å². The third-order valence-electron chi connectivity index (χ3n) is 4.63. The number of aryl methyl sites for hydroxylation is 1. The number of furan rings is 1. The van der Waals surface area contributed by atoms with Gasteiger partial charge in [-0.15, -0.1) is 0 Å². The van der Waals surface area contributed by atoms with Crippen molar-refractivity contribution in [3.05, 3.63) is 53.0 Å². The average molecular weight is 393 g/mol. The first-order valence-electron chi connectivity index (χ1n) is 9.04. The maximum Gasteiger partial charge on any atom is 0.433 e. The van der Waals surface area contributed by atoms with E-state index >= 15 is 0 Å². The van der Waals surface area contributed by atoms with E-state index in [0.717, 1.165) is 27.6 Å². The summed E-state index contributed by atoms with van der Waals surface area (Å²) in [4.78, 5) is 14.1. The summed E-state index contributed by atoms with van der Waals surface area (Å²) in [5, 5.41) is 4.65. The maximum absolute atomic E-state index is 13.6. The molecule has 0 spiro atoms. The first kappa shape index (κ1) is 20.0. The molecule has 150 valence electrons. The molecule has 0 saturated carbocycles. The number of carbonyl (C=O) groups is 1. The van der Waals surface area contributed by atoms with Crippen LogP contribution in [-0.2, 0) is 19.1 Å². The fraction of sp³-hybridized carbons (Fsp3) is 0.400. The van der Waals surface area contributed by atoms with Crippen molar-refractivity contribution in [1.29, 1.82) is 0 Å². The van der Waals surface area contributed by atoms with E-state index < -0.39 is 29.4 Å². The molecule has 0 aliphatic carbocycles. The molecule has 0 radical (unpaired) electrons. The molecule has 0 bridgehead atoms. The summed E-state index contributed by atoms with van der Waals surface area (Å²) in [5.41, 5.74) is 0.0271.